The lowest BCUT2D eigenvalue weighted by molar-refractivity contribution is -0.141. The van der Waals surface area contributed by atoms with Crippen LogP contribution in [0.1, 0.15) is 32.3 Å². The highest BCUT2D eigenvalue weighted by atomic mass is 16.5. The maximum Gasteiger partial charge on any atom is 0.227 e. The van der Waals surface area contributed by atoms with Gasteiger partial charge in [0.2, 0.25) is 11.8 Å². The van der Waals surface area contributed by atoms with Gasteiger partial charge < -0.3 is 19.5 Å². The standard InChI is InChI=1S/C21H25N3O3/c1-13(2)17-12-27-21-7-8-23(18(21)10-20(26)24(17)21)19(25)9-14-11-22-16-6-4-3-5-15(14)16/h3-6,11,13,17-18,22H,7-10,12H2,1-2H3/t17-,18+,21-/m0/s1. The number of rotatable bonds is 3. The lowest BCUT2D eigenvalue weighted by Crippen LogP contribution is -2.51. The number of benzene rings is 1. The molecular formula is C21H25N3O3. The van der Waals surface area contributed by atoms with Crippen molar-refractivity contribution in [2.75, 3.05) is 13.2 Å². The van der Waals surface area contributed by atoms with Crippen LogP contribution < -0.4 is 0 Å². The van der Waals surface area contributed by atoms with Crippen LogP contribution in [0.15, 0.2) is 30.5 Å². The Morgan fingerprint density at radius 1 is 1.37 bits per heavy atom. The minimum absolute atomic E-state index is 0.0767. The van der Waals surface area contributed by atoms with E-state index in [1.54, 1.807) is 0 Å². The molecule has 142 valence electrons. The van der Waals surface area contributed by atoms with Crippen molar-refractivity contribution in [1.29, 1.82) is 0 Å². The normalized spacial score (nSPS) is 29.8. The molecule has 3 aliphatic rings. The zero-order valence-electron chi connectivity index (χ0n) is 15.8. The second kappa shape index (κ2) is 5.83. The number of para-hydroxylation sites is 1. The topological polar surface area (TPSA) is 65.6 Å². The first-order chi connectivity index (χ1) is 13.0. The number of ether oxygens (including phenoxy) is 1. The van der Waals surface area contributed by atoms with Crippen molar-refractivity contribution >= 4 is 22.7 Å². The van der Waals surface area contributed by atoms with E-state index in [1.165, 1.54) is 0 Å². The number of amides is 2. The lowest BCUT2D eigenvalue weighted by Gasteiger charge is -2.34. The Labute approximate surface area is 158 Å². The summed E-state index contributed by atoms with van der Waals surface area (Å²) in [6.45, 7) is 5.48. The predicted molar refractivity (Wildman–Crippen MR) is 101 cm³/mol. The van der Waals surface area contributed by atoms with Crippen molar-refractivity contribution in [3.63, 3.8) is 0 Å². The molecule has 27 heavy (non-hydrogen) atoms. The molecular weight excluding hydrogens is 342 g/mol. The summed E-state index contributed by atoms with van der Waals surface area (Å²) in [5, 5.41) is 1.08. The summed E-state index contributed by atoms with van der Waals surface area (Å²) in [6.07, 6.45) is 3.36. The number of aromatic amines is 1. The highest BCUT2D eigenvalue weighted by Gasteiger charge is 2.65. The molecule has 0 aliphatic carbocycles. The first-order valence-corrected chi connectivity index (χ1v) is 9.82. The Kier molecular flexibility index (Phi) is 3.63. The van der Waals surface area contributed by atoms with Gasteiger partial charge in [-0.15, -0.1) is 0 Å². The molecule has 5 rings (SSSR count). The predicted octanol–water partition coefficient (Wildman–Crippen LogP) is 2.29. The molecule has 2 aromatic rings. The molecule has 4 heterocycles. The molecule has 1 aromatic carbocycles. The number of hydrogen-bond donors (Lipinski definition) is 1. The number of H-pyrrole nitrogens is 1. The lowest BCUT2D eigenvalue weighted by atomic mass is 10.0. The molecule has 0 bridgehead atoms. The van der Waals surface area contributed by atoms with E-state index in [9.17, 15) is 9.59 Å². The second-order valence-electron chi connectivity index (χ2n) is 8.32. The maximum absolute atomic E-state index is 13.1. The minimum Gasteiger partial charge on any atom is -0.361 e. The number of carbonyl (C=O) groups excluding carboxylic acids is 2. The van der Waals surface area contributed by atoms with Crippen molar-refractivity contribution < 1.29 is 14.3 Å². The number of fused-ring (bicyclic) bond motifs is 1. The van der Waals surface area contributed by atoms with Crippen molar-refractivity contribution in [3.05, 3.63) is 36.0 Å². The van der Waals surface area contributed by atoms with Gasteiger partial charge in [0.25, 0.3) is 0 Å². The van der Waals surface area contributed by atoms with Gasteiger partial charge in [-0.2, -0.15) is 0 Å². The SMILES string of the molecule is CC(C)[C@@H]1CO[C@@]23CCN(C(=O)Cc4c[nH]c5ccccc45)[C@@H]2CC(=O)N13. The first kappa shape index (κ1) is 16.8. The highest BCUT2D eigenvalue weighted by molar-refractivity contribution is 5.90. The van der Waals surface area contributed by atoms with Gasteiger partial charge in [-0.05, 0) is 17.5 Å². The zero-order valence-corrected chi connectivity index (χ0v) is 15.8. The van der Waals surface area contributed by atoms with Crippen LogP contribution in [0, 0.1) is 5.92 Å². The highest BCUT2D eigenvalue weighted by Crippen LogP contribution is 2.49. The molecule has 0 radical (unpaired) electrons. The van der Waals surface area contributed by atoms with Crippen molar-refractivity contribution in [1.82, 2.24) is 14.8 Å². The van der Waals surface area contributed by atoms with Gasteiger partial charge in [0, 0.05) is 30.1 Å². The number of carbonyl (C=O) groups is 2. The molecule has 0 unspecified atom stereocenters. The van der Waals surface area contributed by atoms with E-state index in [0.29, 0.717) is 38.3 Å². The Morgan fingerprint density at radius 3 is 3.00 bits per heavy atom. The van der Waals surface area contributed by atoms with E-state index in [1.807, 2.05) is 40.3 Å². The van der Waals surface area contributed by atoms with Gasteiger partial charge in [0.15, 0.2) is 5.72 Å². The summed E-state index contributed by atoms with van der Waals surface area (Å²) in [6, 6.07) is 7.98. The summed E-state index contributed by atoms with van der Waals surface area (Å²) >= 11 is 0. The molecule has 3 aliphatic heterocycles. The number of likely N-dealkylation sites (tertiary alicyclic amines) is 1. The molecule has 2 amide bonds. The average Bonchev–Trinajstić information content (AvgIpc) is 3.36. The molecule has 1 spiro atoms. The van der Waals surface area contributed by atoms with Gasteiger partial charge in [-0.3, -0.25) is 9.59 Å². The van der Waals surface area contributed by atoms with Crippen LogP contribution >= 0.6 is 0 Å². The summed E-state index contributed by atoms with van der Waals surface area (Å²) in [5.41, 5.74) is 1.45. The molecule has 1 N–H and O–H groups in total. The van der Waals surface area contributed by atoms with Gasteiger partial charge in [-0.25, -0.2) is 0 Å². The van der Waals surface area contributed by atoms with Crippen LogP contribution in [0.3, 0.4) is 0 Å². The molecule has 3 atom stereocenters. The van der Waals surface area contributed by atoms with E-state index in [-0.39, 0.29) is 23.9 Å². The van der Waals surface area contributed by atoms with Crippen molar-refractivity contribution in [2.24, 2.45) is 5.92 Å². The summed E-state index contributed by atoms with van der Waals surface area (Å²) in [4.78, 5) is 33.0. The third-order valence-electron chi connectivity index (χ3n) is 6.59. The Hall–Kier alpha value is -2.34. The molecule has 1 aromatic heterocycles. The molecule has 6 heteroatoms. The van der Waals surface area contributed by atoms with Gasteiger partial charge in [-0.1, -0.05) is 32.0 Å². The Bertz CT molecular complexity index is 920. The molecule has 0 saturated carbocycles. The summed E-state index contributed by atoms with van der Waals surface area (Å²) in [5.74, 6) is 0.553. The van der Waals surface area contributed by atoms with Crippen LogP contribution in [0.25, 0.3) is 10.9 Å². The van der Waals surface area contributed by atoms with Crippen molar-refractivity contribution in [2.45, 2.75) is 50.9 Å². The average molecular weight is 367 g/mol. The molecule has 6 nitrogen and oxygen atoms in total. The van der Waals surface area contributed by atoms with Gasteiger partial charge >= 0.3 is 0 Å². The van der Waals surface area contributed by atoms with Crippen LogP contribution in [-0.4, -0.2) is 57.6 Å². The number of nitrogens with zero attached hydrogens (tertiary/aromatic N) is 2. The number of nitrogens with one attached hydrogen (secondary N) is 1. The van der Waals surface area contributed by atoms with Gasteiger partial charge in [0.1, 0.15) is 0 Å². The fraction of sp³-hybridized carbons (Fsp3) is 0.524. The van der Waals surface area contributed by atoms with E-state index in [4.69, 9.17) is 4.74 Å². The largest absolute Gasteiger partial charge is 0.361 e. The second-order valence-corrected chi connectivity index (χ2v) is 8.32. The molecule has 3 saturated heterocycles. The monoisotopic (exact) mass is 367 g/mol. The third kappa shape index (κ3) is 2.29. The summed E-state index contributed by atoms with van der Waals surface area (Å²) in [7, 11) is 0. The van der Waals surface area contributed by atoms with Crippen LogP contribution in [0.2, 0.25) is 0 Å². The zero-order chi connectivity index (χ0) is 18.8. The van der Waals surface area contributed by atoms with Crippen LogP contribution in [-0.2, 0) is 20.7 Å². The van der Waals surface area contributed by atoms with E-state index in [0.717, 1.165) is 16.5 Å². The third-order valence-corrected chi connectivity index (χ3v) is 6.59. The molecule has 3 fully saturated rings. The maximum atomic E-state index is 13.1. The fourth-order valence-corrected chi connectivity index (χ4v) is 5.21. The fourth-order valence-electron chi connectivity index (χ4n) is 5.21. The van der Waals surface area contributed by atoms with Gasteiger partial charge in [0.05, 0.1) is 31.5 Å². The van der Waals surface area contributed by atoms with E-state index < -0.39 is 5.72 Å². The summed E-state index contributed by atoms with van der Waals surface area (Å²) < 4.78 is 6.22. The van der Waals surface area contributed by atoms with E-state index >= 15 is 0 Å². The van der Waals surface area contributed by atoms with Crippen LogP contribution in [0.4, 0.5) is 0 Å². The van der Waals surface area contributed by atoms with E-state index in [2.05, 4.69) is 18.8 Å². The Morgan fingerprint density at radius 2 is 2.19 bits per heavy atom. The number of aromatic nitrogens is 1. The Balaban J connectivity index is 1.40. The van der Waals surface area contributed by atoms with Crippen molar-refractivity contribution in [3.8, 4) is 0 Å². The minimum atomic E-state index is -0.595. The quantitative estimate of drug-likeness (QED) is 0.905. The van der Waals surface area contributed by atoms with Crippen LogP contribution in [0.5, 0.6) is 0 Å². The smallest absolute Gasteiger partial charge is 0.227 e. The first-order valence-electron chi connectivity index (χ1n) is 9.82. The number of hydrogen-bond acceptors (Lipinski definition) is 3.